The Morgan fingerprint density at radius 3 is 2.00 bits per heavy atom. The third-order valence-electron chi connectivity index (χ3n) is 3.66. The van der Waals surface area contributed by atoms with E-state index in [-0.39, 0.29) is 0 Å². The lowest BCUT2D eigenvalue weighted by Gasteiger charge is -2.43. The van der Waals surface area contributed by atoms with E-state index in [4.69, 9.17) is 0 Å². The van der Waals surface area contributed by atoms with Gasteiger partial charge in [-0.3, -0.25) is 0 Å². The second kappa shape index (κ2) is 6.01. The summed E-state index contributed by atoms with van der Waals surface area (Å²) in [5.74, 6) is -8.21. The van der Waals surface area contributed by atoms with E-state index in [0.717, 1.165) is 6.42 Å². The maximum absolute atomic E-state index is 11.2. The van der Waals surface area contributed by atoms with Crippen LogP contribution >= 0.6 is 0 Å². The molecule has 0 spiro atoms. The molecule has 0 radical (unpaired) electrons. The number of hydrogen-bond acceptors (Lipinski definition) is 7. The zero-order valence-electron chi connectivity index (χ0n) is 10.3. The molecule has 0 aromatic carbocycles. The van der Waals surface area contributed by atoms with Crippen LogP contribution in [0.1, 0.15) is 38.5 Å². The molecule has 7 heteroatoms. The highest BCUT2D eigenvalue weighted by Gasteiger charge is 2.44. The van der Waals surface area contributed by atoms with Crippen LogP contribution in [0.2, 0.25) is 0 Å². The van der Waals surface area contributed by atoms with Gasteiger partial charge in [-0.15, -0.1) is 0 Å². The summed E-state index contributed by atoms with van der Waals surface area (Å²) < 4.78 is 0. The number of aliphatic carboxylic acids is 3. The summed E-state index contributed by atoms with van der Waals surface area (Å²) in [5.41, 5.74) is -3.00. The van der Waals surface area contributed by atoms with Crippen molar-refractivity contribution in [3.63, 3.8) is 0 Å². The largest absolute Gasteiger partial charge is 0.550 e. The molecule has 0 aromatic rings. The second-order valence-corrected chi connectivity index (χ2v) is 4.96. The van der Waals surface area contributed by atoms with Crippen LogP contribution in [0, 0.1) is 11.8 Å². The average molecular weight is 271 g/mol. The van der Waals surface area contributed by atoms with Crippen LogP contribution in [0.4, 0.5) is 0 Å². The van der Waals surface area contributed by atoms with Crippen molar-refractivity contribution < 1.29 is 34.8 Å². The van der Waals surface area contributed by atoms with Gasteiger partial charge < -0.3 is 34.8 Å². The molecule has 7 nitrogen and oxygen atoms in total. The standard InChI is InChI=1S/C12H18O7/c13-8(14)6-12(19,11(17)18)9(10(15)16)7-4-2-1-3-5-7/h7,9,19H,1-6H2,(H,13,14)(H,15,16)(H,17,18)/p-3. The zero-order valence-corrected chi connectivity index (χ0v) is 10.3. The first-order valence-electron chi connectivity index (χ1n) is 6.13. The summed E-state index contributed by atoms with van der Waals surface area (Å²) >= 11 is 0. The van der Waals surface area contributed by atoms with Gasteiger partial charge in [0.05, 0.1) is 5.97 Å². The van der Waals surface area contributed by atoms with Gasteiger partial charge in [-0.25, -0.2) is 0 Å². The van der Waals surface area contributed by atoms with E-state index >= 15 is 0 Å². The fraction of sp³-hybridized carbons (Fsp3) is 0.750. The zero-order chi connectivity index (χ0) is 14.6. The van der Waals surface area contributed by atoms with Gasteiger partial charge in [0.15, 0.2) is 0 Å². The summed E-state index contributed by atoms with van der Waals surface area (Å²) in [4.78, 5) is 32.7. The molecule has 0 heterocycles. The Morgan fingerprint density at radius 1 is 1.11 bits per heavy atom. The van der Waals surface area contributed by atoms with Crippen molar-refractivity contribution in [2.45, 2.75) is 44.1 Å². The molecule has 1 aliphatic carbocycles. The van der Waals surface area contributed by atoms with Gasteiger partial charge in [0.2, 0.25) is 0 Å². The molecule has 1 fully saturated rings. The molecule has 0 saturated heterocycles. The number of carboxylic acid groups (broad SMARTS) is 3. The van der Waals surface area contributed by atoms with Crippen LogP contribution < -0.4 is 15.3 Å². The highest BCUT2D eigenvalue weighted by molar-refractivity contribution is 5.87. The third-order valence-corrected chi connectivity index (χ3v) is 3.66. The van der Waals surface area contributed by atoms with Gasteiger partial charge in [0, 0.05) is 24.3 Å². The molecule has 108 valence electrons. The predicted molar refractivity (Wildman–Crippen MR) is 54.7 cm³/mol. The van der Waals surface area contributed by atoms with E-state index in [2.05, 4.69) is 0 Å². The van der Waals surface area contributed by atoms with Crippen LogP contribution in [0.3, 0.4) is 0 Å². The Hall–Kier alpha value is -1.63. The maximum Gasteiger partial charge on any atom is 0.117 e. The SMILES string of the molecule is O=C([O-])CC(O)(C(=O)[O-])C(C(=O)[O-])C1CCCCC1. The molecule has 0 bridgehead atoms. The number of rotatable bonds is 6. The Balaban J connectivity index is 3.07. The number of carboxylic acids is 3. The van der Waals surface area contributed by atoms with Gasteiger partial charge in [-0.1, -0.05) is 19.3 Å². The number of carbonyl (C=O) groups is 3. The number of hydrogen-bond donors (Lipinski definition) is 1. The quantitative estimate of drug-likeness (QED) is 0.529. The minimum absolute atomic E-state index is 0.404. The smallest absolute Gasteiger partial charge is 0.117 e. The minimum Gasteiger partial charge on any atom is -0.550 e. The predicted octanol–water partition coefficient (Wildman–Crippen LogP) is -3.45. The number of carbonyl (C=O) groups excluding carboxylic acids is 3. The van der Waals surface area contributed by atoms with E-state index in [1.807, 2.05) is 0 Å². The average Bonchev–Trinajstić information content (AvgIpc) is 2.28. The summed E-state index contributed by atoms with van der Waals surface area (Å²) in [6.07, 6.45) is 1.76. The van der Waals surface area contributed by atoms with Crippen molar-refractivity contribution >= 4 is 17.9 Å². The summed E-state index contributed by atoms with van der Waals surface area (Å²) in [6.45, 7) is 0. The molecule has 2 unspecified atom stereocenters. The lowest BCUT2D eigenvalue weighted by atomic mass is 9.70. The minimum atomic E-state index is -3.00. The van der Waals surface area contributed by atoms with Crippen molar-refractivity contribution in [1.29, 1.82) is 0 Å². The van der Waals surface area contributed by atoms with Crippen LogP contribution in [0.5, 0.6) is 0 Å². The Labute approximate surface area is 109 Å². The molecule has 1 saturated carbocycles. The fourth-order valence-corrected chi connectivity index (χ4v) is 2.77. The monoisotopic (exact) mass is 271 g/mol. The van der Waals surface area contributed by atoms with Crippen molar-refractivity contribution in [2.75, 3.05) is 0 Å². The van der Waals surface area contributed by atoms with E-state index in [9.17, 15) is 34.8 Å². The highest BCUT2D eigenvalue weighted by Crippen LogP contribution is 2.37. The Kier molecular flexibility index (Phi) is 4.88. The molecule has 0 aliphatic heterocycles. The lowest BCUT2D eigenvalue weighted by molar-refractivity contribution is -0.349. The Bertz CT molecular complexity index is 372. The van der Waals surface area contributed by atoms with Gasteiger partial charge in [0.25, 0.3) is 0 Å². The molecule has 19 heavy (non-hydrogen) atoms. The van der Waals surface area contributed by atoms with Crippen molar-refractivity contribution in [1.82, 2.24) is 0 Å². The highest BCUT2D eigenvalue weighted by atomic mass is 16.4. The van der Waals surface area contributed by atoms with E-state index < -0.39 is 41.8 Å². The third kappa shape index (κ3) is 3.44. The molecule has 1 N–H and O–H groups in total. The molecular formula is C12H15O7-3. The van der Waals surface area contributed by atoms with Crippen LogP contribution in [-0.2, 0) is 14.4 Å². The molecule has 0 amide bonds. The first kappa shape index (κ1) is 15.4. The lowest BCUT2D eigenvalue weighted by Crippen LogP contribution is -2.62. The molecule has 1 aliphatic rings. The summed E-state index contributed by atoms with van der Waals surface area (Å²) in [6, 6.07) is 0. The van der Waals surface area contributed by atoms with Crippen LogP contribution in [0.25, 0.3) is 0 Å². The van der Waals surface area contributed by atoms with Crippen molar-refractivity contribution in [2.24, 2.45) is 11.8 Å². The van der Waals surface area contributed by atoms with Crippen LogP contribution in [-0.4, -0.2) is 28.6 Å². The molecule has 0 aromatic heterocycles. The van der Waals surface area contributed by atoms with E-state index in [0.29, 0.717) is 25.7 Å². The summed E-state index contributed by atoms with van der Waals surface area (Å²) in [5, 5.41) is 42.6. The second-order valence-electron chi connectivity index (χ2n) is 4.96. The maximum atomic E-state index is 11.2. The van der Waals surface area contributed by atoms with Gasteiger partial charge >= 0.3 is 0 Å². The van der Waals surface area contributed by atoms with Gasteiger partial charge in [-0.05, 0) is 18.8 Å². The topological polar surface area (TPSA) is 141 Å². The van der Waals surface area contributed by atoms with E-state index in [1.54, 1.807) is 0 Å². The van der Waals surface area contributed by atoms with Crippen LogP contribution in [0.15, 0.2) is 0 Å². The fourth-order valence-electron chi connectivity index (χ4n) is 2.77. The van der Waals surface area contributed by atoms with Gasteiger partial charge in [-0.2, -0.15) is 0 Å². The van der Waals surface area contributed by atoms with E-state index in [1.165, 1.54) is 0 Å². The molecule has 2 atom stereocenters. The first-order chi connectivity index (χ1) is 8.79. The Morgan fingerprint density at radius 2 is 1.63 bits per heavy atom. The van der Waals surface area contributed by atoms with Gasteiger partial charge in [0.1, 0.15) is 5.60 Å². The normalized spacial score (nSPS) is 21.3. The van der Waals surface area contributed by atoms with Crippen molar-refractivity contribution in [3.8, 4) is 0 Å². The molecular weight excluding hydrogens is 256 g/mol. The first-order valence-corrected chi connectivity index (χ1v) is 6.13. The summed E-state index contributed by atoms with van der Waals surface area (Å²) in [7, 11) is 0. The number of aliphatic hydroxyl groups is 1. The molecule has 1 rings (SSSR count). The van der Waals surface area contributed by atoms with Crippen molar-refractivity contribution in [3.05, 3.63) is 0 Å².